The highest BCUT2D eigenvalue weighted by Gasteiger charge is 2.43. The van der Waals surface area contributed by atoms with Crippen LogP contribution in [0.1, 0.15) is 34.1 Å². The predicted molar refractivity (Wildman–Crippen MR) is 64.7 cm³/mol. The lowest BCUT2D eigenvalue weighted by molar-refractivity contribution is -0.151. The van der Waals surface area contributed by atoms with Crippen LogP contribution in [0.25, 0.3) is 0 Å². The third kappa shape index (κ3) is 2.77. The standard InChI is InChI=1S/C12H22N2O3/c1-11(2,10(16)17)12(3,4)13-8-9(15)14-6-5-7-14/h13H,5-8H2,1-4H3,(H,16,17). The van der Waals surface area contributed by atoms with Gasteiger partial charge in [-0.2, -0.15) is 0 Å². The number of carbonyl (C=O) groups is 2. The molecule has 0 aliphatic carbocycles. The van der Waals surface area contributed by atoms with Gasteiger partial charge in [-0.15, -0.1) is 0 Å². The summed E-state index contributed by atoms with van der Waals surface area (Å²) < 4.78 is 0. The lowest BCUT2D eigenvalue weighted by Gasteiger charge is -2.40. The zero-order valence-electron chi connectivity index (χ0n) is 11.0. The van der Waals surface area contributed by atoms with Gasteiger partial charge in [0.05, 0.1) is 12.0 Å². The van der Waals surface area contributed by atoms with Crippen LogP contribution in [-0.2, 0) is 9.59 Å². The largest absolute Gasteiger partial charge is 0.481 e. The van der Waals surface area contributed by atoms with E-state index in [1.807, 2.05) is 13.8 Å². The summed E-state index contributed by atoms with van der Waals surface area (Å²) in [5.41, 5.74) is -1.57. The first-order valence-corrected chi connectivity index (χ1v) is 5.95. The normalized spacial score (nSPS) is 16.6. The zero-order chi connectivity index (χ0) is 13.3. The minimum absolute atomic E-state index is 0.0468. The van der Waals surface area contributed by atoms with Crippen molar-refractivity contribution in [3.8, 4) is 0 Å². The number of amides is 1. The van der Waals surface area contributed by atoms with Crippen molar-refractivity contribution in [3.63, 3.8) is 0 Å². The molecule has 0 atom stereocenters. The van der Waals surface area contributed by atoms with E-state index in [9.17, 15) is 14.7 Å². The summed E-state index contributed by atoms with van der Waals surface area (Å²) >= 11 is 0. The number of nitrogens with one attached hydrogen (secondary N) is 1. The SMILES string of the molecule is CC(C)(NCC(=O)N1CCC1)C(C)(C)C(=O)O. The number of aliphatic carboxylic acids is 1. The van der Waals surface area contributed by atoms with Gasteiger partial charge in [-0.3, -0.25) is 9.59 Å². The first-order chi connectivity index (χ1) is 7.68. The maximum absolute atomic E-state index is 11.7. The number of likely N-dealkylation sites (tertiary alicyclic amines) is 1. The first-order valence-electron chi connectivity index (χ1n) is 5.95. The Hall–Kier alpha value is -1.10. The Bertz CT molecular complexity index is 320. The van der Waals surface area contributed by atoms with Crippen LogP contribution in [-0.4, -0.2) is 47.1 Å². The smallest absolute Gasteiger partial charge is 0.310 e. The molecule has 5 nitrogen and oxygen atoms in total. The number of nitrogens with zero attached hydrogens (tertiary/aromatic N) is 1. The average Bonchev–Trinajstić information content (AvgIpc) is 2.11. The van der Waals surface area contributed by atoms with Gasteiger partial charge in [0.2, 0.25) is 5.91 Å². The van der Waals surface area contributed by atoms with Crippen molar-refractivity contribution in [1.82, 2.24) is 10.2 Å². The second kappa shape index (κ2) is 4.64. The summed E-state index contributed by atoms with van der Waals surface area (Å²) in [6, 6.07) is 0. The highest BCUT2D eigenvalue weighted by atomic mass is 16.4. The Kier molecular flexibility index (Phi) is 3.81. The molecule has 1 fully saturated rings. The van der Waals surface area contributed by atoms with Crippen molar-refractivity contribution in [2.75, 3.05) is 19.6 Å². The molecule has 1 amide bonds. The number of hydrogen-bond donors (Lipinski definition) is 2. The molecular formula is C12H22N2O3. The van der Waals surface area contributed by atoms with Gasteiger partial charge < -0.3 is 15.3 Å². The van der Waals surface area contributed by atoms with Gasteiger partial charge in [0.25, 0.3) is 0 Å². The first kappa shape index (κ1) is 14.0. The summed E-state index contributed by atoms with van der Waals surface area (Å²) in [4.78, 5) is 24.6. The topological polar surface area (TPSA) is 69.6 Å². The molecule has 1 aliphatic heterocycles. The molecule has 1 heterocycles. The maximum atomic E-state index is 11.7. The maximum Gasteiger partial charge on any atom is 0.310 e. The van der Waals surface area contributed by atoms with Gasteiger partial charge >= 0.3 is 5.97 Å². The van der Waals surface area contributed by atoms with E-state index < -0.39 is 16.9 Å². The highest BCUT2D eigenvalue weighted by Crippen LogP contribution is 2.30. The van der Waals surface area contributed by atoms with Gasteiger partial charge in [0, 0.05) is 18.6 Å². The van der Waals surface area contributed by atoms with Crippen LogP contribution >= 0.6 is 0 Å². The molecule has 0 radical (unpaired) electrons. The van der Waals surface area contributed by atoms with Crippen LogP contribution in [0.3, 0.4) is 0 Å². The van der Waals surface area contributed by atoms with E-state index in [1.165, 1.54) is 0 Å². The minimum atomic E-state index is -0.928. The molecule has 1 saturated heterocycles. The number of hydrogen-bond acceptors (Lipinski definition) is 3. The second-order valence-corrected chi connectivity index (χ2v) is 5.64. The molecule has 0 bridgehead atoms. The van der Waals surface area contributed by atoms with E-state index in [0.717, 1.165) is 19.5 Å². The average molecular weight is 242 g/mol. The van der Waals surface area contributed by atoms with E-state index in [4.69, 9.17) is 0 Å². The fourth-order valence-corrected chi connectivity index (χ4v) is 1.46. The number of rotatable bonds is 5. The summed E-state index contributed by atoms with van der Waals surface area (Å²) in [6.07, 6.45) is 1.07. The molecule has 17 heavy (non-hydrogen) atoms. The summed E-state index contributed by atoms with van der Waals surface area (Å²) in [7, 11) is 0. The molecule has 0 spiro atoms. The Balaban J connectivity index is 2.54. The molecule has 0 aromatic heterocycles. The fraction of sp³-hybridized carbons (Fsp3) is 0.833. The highest BCUT2D eigenvalue weighted by molar-refractivity contribution is 5.79. The van der Waals surface area contributed by atoms with E-state index in [1.54, 1.807) is 18.7 Å². The number of carboxylic acids is 1. The molecule has 0 unspecified atom stereocenters. The van der Waals surface area contributed by atoms with Crippen LogP contribution < -0.4 is 5.32 Å². The summed E-state index contributed by atoms with van der Waals surface area (Å²) in [5.74, 6) is -0.822. The van der Waals surface area contributed by atoms with Crippen LogP contribution in [0, 0.1) is 5.41 Å². The molecule has 0 aromatic rings. The van der Waals surface area contributed by atoms with Gasteiger partial charge in [-0.1, -0.05) is 0 Å². The minimum Gasteiger partial charge on any atom is -0.481 e. The molecule has 0 aromatic carbocycles. The number of carbonyl (C=O) groups excluding carboxylic acids is 1. The summed E-state index contributed by atoms with van der Waals surface area (Å²) in [6.45, 7) is 8.79. The molecular weight excluding hydrogens is 220 g/mol. The van der Waals surface area contributed by atoms with Gasteiger partial charge in [0.15, 0.2) is 0 Å². The molecule has 5 heteroatoms. The van der Waals surface area contributed by atoms with Crippen LogP contribution in [0.15, 0.2) is 0 Å². The van der Waals surface area contributed by atoms with Crippen molar-refractivity contribution in [3.05, 3.63) is 0 Å². The Labute approximate surface area is 102 Å². The molecule has 98 valence electrons. The molecule has 1 rings (SSSR count). The number of carboxylic acid groups (broad SMARTS) is 1. The van der Waals surface area contributed by atoms with Gasteiger partial charge in [0.1, 0.15) is 0 Å². The van der Waals surface area contributed by atoms with E-state index in [-0.39, 0.29) is 12.5 Å². The van der Waals surface area contributed by atoms with Gasteiger partial charge in [-0.05, 0) is 34.1 Å². The predicted octanol–water partition coefficient (Wildman–Crippen LogP) is 0.698. The lowest BCUT2D eigenvalue weighted by atomic mass is 9.74. The van der Waals surface area contributed by atoms with Crippen molar-refractivity contribution < 1.29 is 14.7 Å². The summed E-state index contributed by atoms with van der Waals surface area (Å²) in [5, 5.41) is 12.2. The molecule has 2 N–H and O–H groups in total. The van der Waals surface area contributed by atoms with Crippen molar-refractivity contribution in [1.29, 1.82) is 0 Å². The Morgan fingerprint density at radius 1 is 1.24 bits per heavy atom. The van der Waals surface area contributed by atoms with E-state index >= 15 is 0 Å². The monoisotopic (exact) mass is 242 g/mol. The fourth-order valence-electron chi connectivity index (χ4n) is 1.46. The quantitative estimate of drug-likeness (QED) is 0.744. The second-order valence-electron chi connectivity index (χ2n) is 5.64. The third-order valence-corrected chi connectivity index (χ3v) is 3.99. The Morgan fingerprint density at radius 2 is 1.76 bits per heavy atom. The van der Waals surface area contributed by atoms with E-state index in [2.05, 4.69) is 5.32 Å². The third-order valence-electron chi connectivity index (χ3n) is 3.99. The molecule has 1 aliphatic rings. The Morgan fingerprint density at radius 3 is 2.12 bits per heavy atom. The van der Waals surface area contributed by atoms with E-state index in [0.29, 0.717) is 0 Å². The van der Waals surface area contributed by atoms with Crippen molar-refractivity contribution in [2.45, 2.75) is 39.7 Å². The van der Waals surface area contributed by atoms with Crippen LogP contribution in [0.5, 0.6) is 0 Å². The van der Waals surface area contributed by atoms with Crippen molar-refractivity contribution >= 4 is 11.9 Å². The van der Waals surface area contributed by atoms with Crippen molar-refractivity contribution in [2.24, 2.45) is 5.41 Å². The van der Waals surface area contributed by atoms with Crippen LogP contribution in [0.2, 0.25) is 0 Å². The van der Waals surface area contributed by atoms with Gasteiger partial charge in [-0.25, -0.2) is 0 Å². The lowest BCUT2D eigenvalue weighted by Crippen LogP contribution is -2.58. The molecule has 0 saturated carbocycles. The van der Waals surface area contributed by atoms with Crippen LogP contribution in [0.4, 0.5) is 0 Å². The zero-order valence-corrected chi connectivity index (χ0v) is 11.0.